The van der Waals surface area contributed by atoms with Crippen molar-refractivity contribution < 1.29 is 14.0 Å². The van der Waals surface area contributed by atoms with Crippen LogP contribution >= 0.6 is 0 Å². The lowest BCUT2D eigenvalue weighted by atomic mass is 9.89. The van der Waals surface area contributed by atoms with Gasteiger partial charge in [-0.25, -0.2) is 0 Å². The number of benzene rings is 1. The van der Waals surface area contributed by atoms with E-state index in [-0.39, 0.29) is 17.9 Å². The van der Waals surface area contributed by atoms with Crippen LogP contribution in [0.2, 0.25) is 0 Å². The first-order valence-corrected chi connectivity index (χ1v) is 12.1. The predicted octanol–water partition coefficient (Wildman–Crippen LogP) is 3.22. The van der Waals surface area contributed by atoms with Crippen molar-refractivity contribution in [1.29, 1.82) is 0 Å². The number of rotatable bonds is 3. The maximum Gasteiger partial charge on any atom is 0.289 e. The largest absolute Gasteiger partial charge is 0.459 e. The van der Waals surface area contributed by atoms with Gasteiger partial charge in [-0.3, -0.25) is 14.5 Å². The Hall–Kier alpha value is -3.06. The second kappa shape index (κ2) is 8.06. The molecule has 1 fully saturated rings. The Morgan fingerprint density at radius 1 is 1.06 bits per heavy atom. The molecule has 0 saturated carbocycles. The van der Waals surface area contributed by atoms with Crippen LogP contribution in [-0.4, -0.2) is 70.3 Å². The third kappa shape index (κ3) is 3.46. The second-order valence-corrected chi connectivity index (χ2v) is 9.58. The van der Waals surface area contributed by atoms with Crippen molar-refractivity contribution in [3.8, 4) is 0 Å². The molecule has 0 N–H and O–H groups in total. The van der Waals surface area contributed by atoms with Crippen LogP contribution < -0.4 is 0 Å². The Kier molecular flexibility index (Phi) is 5.02. The Balaban J connectivity index is 1.15. The summed E-state index contributed by atoms with van der Waals surface area (Å²) in [4.78, 5) is 32.1. The summed E-state index contributed by atoms with van der Waals surface area (Å²) in [6.45, 7) is 6.87. The van der Waals surface area contributed by atoms with Crippen molar-refractivity contribution >= 4 is 22.7 Å². The zero-order chi connectivity index (χ0) is 22.5. The number of nitrogens with zero attached hydrogens (tertiary/aromatic N) is 4. The number of piperazine rings is 1. The molecule has 0 radical (unpaired) electrons. The molecule has 1 aromatic carbocycles. The Morgan fingerprint density at radius 2 is 1.91 bits per heavy atom. The zero-order valence-corrected chi connectivity index (χ0v) is 19.1. The number of furan rings is 1. The van der Waals surface area contributed by atoms with Crippen LogP contribution in [0.4, 0.5) is 0 Å². The van der Waals surface area contributed by atoms with Gasteiger partial charge in [-0.2, -0.15) is 0 Å². The van der Waals surface area contributed by atoms with Crippen LogP contribution in [0.1, 0.15) is 46.3 Å². The standard InChI is InChI=1S/C26H30N4O3/c1-18-7-8-21-20(16-18)19-4-2-5-22-25(19)30(21)14-13-29(22)24(31)17-27-9-11-28(12-10-27)26(32)23-6-3-15-33-23/h3,6-8,15-16,22H,2,4-5,9-14,17H2,1H3/t22-/m0/s1. The monoisotopic (exact) mass is 446 g/mol. The fourth-order valence-corrected chi connectivity index (χ4v) is 5.96. The smallest absolute Gasteiger partial charge is 0.289 e. The number of carbonyl (C=O) groups excluding carboxylic acids is 2. The van der Waals surface area contributed by atoms with Crippen molar-refractivity contribution in [3.63, 3.8) is 0 Å². The molecule has 1 aliphatic carbocycles. The summed E-state index contributed by atoms with van der Waals surface area (Å²) < 4.78 is 7.72. The highest BCUT2D eigenvalue weighted by atomic mass is 16.3. The Morgan fingerprint density at radius 3 is 2.70 bits per heavy atom. The van der Waals surface area contributed by atoms with Crippen molar-refractivity contribution in [3.05, 3.63) is 59.2 Å². The topological polar surface area (TPSA) is 61.9 Å². The number of fused-ring (bicyclic) bond motifs is 3. The molecule has 7 heteroatoms. The lowest BCUT2D eigenvalue weighted by Gasteiger charge is -2.41. The summed E-state index contributed by atoms with van der Waals surface area (Å²) in [6, 6.07) is 10.4. The molecule has 4 heterocycles. The molecule has 1 atom stereocenters. The van der Waals surface area contributed by atoms with Gasteiger partial charge in [0.05, 0.1) is 18.8 Å². The van der Waals surface area contributed by atoms with E-state index in [2.05, 4.69) is 39.5 Å². The Bertz CT molecular complexity index is 1200. The summed E-state index contributed by atoms with van der Waals surface area (Å²) >= 11 is 0. The van der Waals surface area contributed by atoms with Gasteiger partial charge in [-0.05, 0) is 56.0 Å². The average molecular weight is 447 g/mol. The van der Waals surface area contributed by atoms with Crippen LogP contribution in [0, 0.1) is 6.92 Å². The molecule has 7 nitrogen and oxygen atoms in total. The van der Waals surface area contributed by atoms with Crippen LogP contribution in [0.25, 0.3) is 10.9 Å². The third-order valence-corrected chi connectivity index (χ3v) is 7.60. The molecular weight excluding hydrogens is 416 g/mol. The first kappa shape index (κ1) is 20.5. The van der Waals surface area contributed by atoms with E-state index in [1.807, 2.05) is 4.90 Å². The lowest BCUT2D eigenvalue weighted by molar-refractivity contribution is -0.136. The summed E-state index contributed by atoms with van der Waals surface area (Å²) in [5.41, 5.74) is 5.44. The Labute approximate surface area is 193 Å². The highest BCUT2D eigenvalue weighted by Gasteiger charge is 2.37. The van der Waals surface area contributed by atoms with Gasteiger partial charge >= 0.3 is 0 Å². The molecule has 0 bridgehead atoms. The summed E-state index contributed by atoms with van der Waals surface area (Å²) in [5, 5.41) is 1.38. The average Bonchev–Trinajstić information content (AvgIpc) is 3.48. The van der Waals surface area contributed by atoms with Crippen LogP contribution in [-0.2, 0) is 17.8 Å². The minimum absolute atomic E-state index is 0.0696. The molecular formula is C26H30N4O3. The van der Waals surface area contributed by atoms with E-state index in [9.17, 15) is 9.59 Å². The van der Waals surface area contributed by atoms with E-state index in [1.54, 1.807) is 12.1 Å². The number of aryl methyl sites for hydroxylation is 2. The second-order valence-electron chi connectivity index (χ2n) is 9.58. The summed E-state index contributed by atoms with van der Waals surface area (Å²) in [6.07, 6.45) is 4.80. The van der Waals surface area contributed by atoms with E-state index in [0.717, 1.165) is 32.4 Å². The van der Waals surface area contributed by atoms with Crippen LogP contribution in [0.3, 0.4) is 0 Å². The van der Waals surface area contributed by atoms with E-state index in [4.69, 9.17) is 4.42 Å². The predicted molar refractivity (Wildman–Crippen MR) is 125 cm³/mol. The molecule has 172 valence electrons. The van der Waals surface area contributed by atoms with Gasteiger partial charge in [0.25, 0.3) is 5.91 Å². The number of aromatic nitrogens is 1. The molecule has 1 saturated heterocycles. The molecule has 33 heavy (non-hydrogen) atoms. The molecule has 3 aromatic rings. The molecule has 3 aliphatic rings. The van der Waals surface area contributed by atoms with Gasteiger partial charge in [-0.15, -0.1) is 0 Å². The maximum absolute atomic E-state index is 13.4. The molecule has 2 amide bonds. The maximum atomic E-state index is 13.4. The highest BCUT2D eigenvalue weighted by Crippen LogP contribution is 2.42. The van der Waals surface area contributed by atoms with E-state index >= 15 is 0 Å². The van der Waals surface area contributed by atoms with Crippen molar-refractivity contribution in [2.45, 2.75) is 38.8 Å². The fourth-order valence-electron chi connectivity index (χ4n) is 5.96. The quantitative estimate of drug-likeness (QED) is 0.620. The van der Waals surface area contributed by atoms with Crippen molar-refractivity contribution in [2.75, 3.05) is 39.3 Å². The van der Waals surface area contributed by atoms with Gasteiger partial charge in [0.2, 0.25) is 5.91 Å². The number of carbonyl (C=O) groups is 2. The van der Waals surface area contributed by atoms with Crippen LogP contribution in [0.5, 0.6) is 0 Å². The minimum Gasteiger partial charge on any atom is -0.459 e. The first-order valence-electron chi connectivity index (χ1n) is 12.1. The normalized spacial score (nSPS) is 20.8. The third-order valence-electron chi connectivity index (χ3n) is 7.60. The summed E-state index contributed by atoms with van der Waals surface area (Å²) in [7, 11) is 0. The minimum atomic E-state index is -0.0696. The molecule has 6 rings (SSSR count). The molecule has 0 unspecified atom stereocenters. The number of amides is 2. The SMILES string of the molecule is Cc1ccc2c(c1)c1c3n2CCN(C(=O)CN2CCN(C(=O)c4ccco4)CC2)[C@H]3CCC1. The lowest BCUT2D eigenvalue weighted by Crippen LogP contribution is -2.53. The van der Waals surface area contributed by atoms with Crippen molar-refractivity contribution in [1.82, 2.24) is 19.3 Å². The van der Waals surface area contributed by atoms with E-state index in [0.29, 0.717) is 38.5 Å². The molecule has 2 aromatic heterocycles. The highest BCUT2D eigenvalue weighted by molar-refractivity contribution is 5.91. The molecule has 2 aliphatic heterocycles. The summed E-state index contributed by atoms with van der Waals surface area (Å²) in [5.74, 6) is 0.526. The number of hydrogen-bond donors (Lipinski definition) is 0. The molecule has 0 spiro atoms. The fraction of sp³-hybridized carbons (Fsp3) is 0.462. The zero-order valence-electron chi connectivity index (χ0n) is 19.1. The van der Waals surface area contributed by atoms with Gasteiger partial charge in [0.15, 0.2) is 5.76 Å². The number of hydrogen-bond acceptors (Lipinski definition) is 4. The van der Waals surface area contributed by atoms with Gasteiger partial charge in [0.1, 0.15) is 0 Å². The van der Waals surface area contributed by atoms with Gasteiger partial charge in [-0.1, -0.05) is 11.6 Å². The van der Waals surface area contributed by atoms with Gasteiger partial charge in [0, 0.05) is 55.9 Å². The first-order chi connectivity index (χ1) is 16.1. The van der Waals surface area contributed by atoms with E-state index < -0.39 is 0 Å². The van der Waals surface area contributed by atoms with Gasteiger partial charge < -0.3 is 18.8 Å². The van der Waals surface area contributed by atoms with Crippen molar-refractivity contribution in [2.24, 2.45) is 0 Å². The van der Waals surface area contributed by atoms with Crippen LogP contribution in [0.15, 0.2) is 41.0 Å². The van der Waals surface area contributed by atoms with E-state index in [1.165, 1.54) is 34.0 Å².